The first-order valence-electron chi connectivity index (χ1n) is 4.97. The number of hydrogen-bond acceptors (Lipinski definition) is 2. The fourth-order valence-corrected chi connectivity index (χ4v) is 2.61. The van der Waals surface area contributed by atoms with E-state index < -0.39 is 10.8 Å². The minimum Gasteiger partial charge on any atom is -0.309 e. The standard InChI is InChI=1S/C11H15BrFNOS/c1-8(7-16(2)15)14-6-9-4-3-5-10(13)11(9)12/h3-5,8,14H,6-7H2,1-2H3. The molecule has 0 aromatic heterocycles. The van der Waals surface area contributed by atoms with E-state index in [9.17, 15) is 8.60 Å². The Balaban J connectivity index is 2.54. The highest BCUT2D eigenvalue weighted by molar-refractivity contribution is 9.10. The molecule has 2 atom stereocenters. The van der Waals surface area contributed by atoms with Crippen LogP contribution in [-0.2, 0) is 17.3 Å². The van der Waals surface area contributed by atoms with Gasteiger partial charge in [0.05, 0.1) is 4.47 Å². The maximum Gasteiger partial charge on any atom is 0.137 e. The highest BCUT2D eigenvalue weighted by Crippen LogP contribution is 2.20. The fourth-order valence-electron chi connectivity index (χ4n) is 1.38. The van der Waals surface area contributed by atoms with Crippen molar-refractivity contribution in [3.8, 4) is 0 Å². The number of halogens is 2. The van der Waals surface area contributed by atoms with Gasteiger partial charge in [-0.05, 0) is 34.5 Å². The molecular formula is C11H15BrFNOS. The molecule has 2 unspecified atom stereocenters. The van der Waals surface area contributed by atoms with Gasteiger partial charge >= 0.3 is 0 Å². The molecule has 0 aliphatic heterocycles. The summed E-state index contributed by atoms with van der Waals surface area (Å²) in [5.74, 6) is 0.346. The molecule has 16 heavy (non-hydrogen) atoms. The lowest BCUT2D eigenvalue weighted by Crippen LogP contribution is -2.30. The lowest BCUT2D eigenvalue weighted by Gasteiger charge is -2.13. The smallest absolute Gasteiger partial charge is 0.137 e. The van der Waals surface area contributed by atoms with E-state index in [2.05, 4.69) is 21.2 Å². The molecule has 1 aromatic carbocycles. The maximum absolute atomic E-state index is 13.2. The Labute approximate surface area is 106 Å². The van der Waals surface area contributed by atoms with Crippen LogP contribution in [0.3, 0.4) is 0 Å². The third kappa shape index (κ3) is 4.31. The molecule has 0 amide bonds. The van der Waals surface area contributed by atoms with Crippen molar-refractivity contribution in [2.24, 2.45) is 0 Å². The van der Waals surface area contributed by atoms with E-state index >= 15 is 0 Å². The minimum absolute atomic E-state index is 0.154. The van der Waals surface area contributed by atoms with Gasteiger partial charge in [0.1, 0.15) is 5.82 Å². The van der Waals surface area contributed by atoms with Crippen LogP contribution in [0.2, 0.25) is 0 Å². The van der Waals surface area contributed by atoms with Crippen molar-refractivity contribution in [2.45, 2.75) is 19.5 Å². The van der Waals surface area contributed by atoms with Gasteiger partial charge in [-0.2, -0.15) is 0 Å². The molecule has 1 rings (SSSR count). The first kappa shape index (κ1) is 13.8. The molecule has 0 bridgehead atoms. The van der Waals surface area contributed by atoms with Gasteiger partial charge in [0.2, 0.25) is 0 Å². The average molecular weight is 308 g/mol. The molecule has 5 heteroatoms. The summed E-state index contributed by atoms with van der Waals surface area (Å²) in [5.41, 5.74) is 0.869. The third-order valence-electron chi connectivity index (χ3n) is 2.16. The summed E-state index contributed by atoms with van der Waals surface area (Å²) in [7, 11) is -0.812. The fraction of sp³-hybridized carbons (Fsp3) is 0.455. The molecule has 90 valence electrons. The highest BCUT2D eigenvalue weighted by atomic mass is 79.9. The van der Waals surface area contributed by atoms with Crippen molar-refractivity contribution in [3.05, 3.63) is 34.1 Å². The Morgan fingerprint density at radius 1 is 1.56 bits per heavy atom. The summed E-state index contributed by atoms with van der Waals surface area (Å²) in [4.78, 5) is 0. The SMILES string of the molecule is CC(CS(C)=O)NCc1cccc(F)c1Br. The van der Waals surface area contributed by atoms with E-state index in [4.69, 9.17) is 0 Å². The van der Waals surface area contributed by atoms with Crippen LogP contribution < -0.4 is 5.32 Å². The van der Waals surface area contributed by atoms with Gasteiger partial charge in [0, 0.05) is 35.4 Å². The Hall–Kier alpha value is -0.260. The number of rotatable bonds is 5. The van der Waals surface area contributed by atoms with Crippen molar-refractivity contribution in [1.82, 2.24) is 5.32 Å². The zero-order valence-electron chi connectivity index (χ0n) is 9.30. The normalized spacial score (nSPS) is 14.8. The zero-order valence-corrected chi connectivity index (χ0v) is 11.7. The Morgan fingerprint density at radius 2 is 2.25 bits per heavy atom. The van der Waals surface area contributed by atoms with Crippen molar-refractivity contribution in [1.29, 1.82) is 0 Å². The molecule has 0 aliphatic carbocycles. The summed E-state index contributed by atoms with van der Waals surface area (Å²) in [6, 6.07) is 5.11. The number of nitrogens with one attached hydrogen (secondary N) is 1. The van der Waals surface area contributed by atoms with E-state index in [-0.39, 0.29) is 11.9 Å². The molecule has 0 spiro atoms. The Morgan fingerprint density at radius 3 is 2.88 bits per heavy atom. The first-order chi connectivity index (χ1) is 7.50. The highest BCUT2D eigenvalue weighted by Gasteiger charge is 2.07. The van der Waals surface area contributed by atoms with Crippen molar-refractivity contribution < 1.29 is 8.60 Å². The van der Waals surface area contributed by atoms with Gasteiger partial charge in [0.15, 0.2) is 0 Å². The topological polar surface area (TPSA) is 29.1 Å². The van der Waals surface area contributed by atoms with Gasteiger partial charge < -0.3 is 5.32 Å². The number of benzene rings is 1. The first-order valence-corrected chi connectivity index (χ1v) is 7.49. The molecule has 1 N–H and O–H groups in total. The third-order valence-corrected chi connectivity index (χ3v) is 4.01. The van der Waals surface area contributed by atoms with Crippen LogP contribution in [0.1, 0.15) is 12.5 Å². The van der Waals surface area contributed by atoms with Gasteiger partial charge in [-0.25, -0.2) is 4.39 Å². The molecule has 0 fully saturated rings. The second-order valence-corrected chi connectivity index (χ2v) is 6.01. The quantitative estimate of drug-likeness (QED) is 0.905. The monoisotopic (exact) mass is 307 g/mol. The summed E-state index contributed by atoms with van der Waals surface area (Å²) < 4.78 is 24.7. The molecule has 0 saturated heterocycles. The largest absolute Gasteiger partial charge is 0.309 e. The second-order valence-electron chi connectivity index (χ2n) is 3.73. The van der Waals surface area contributed by atoms with Gasteiger partial charge in [0.25, 0.3) is 0 Å². The summed E-state index contributed by atoms with van der Waals surface area (Å²) >= 11 is 3.21. The summed E-state index contributed by atoms with van der Waals surface area (Å²) in [5, 5.41) is 3.21. The maximum atomic E-state index is 13.2. The van der Waals surface area contributed by atoms with Crippen LogP contribution in [-0.4, -0.2) is 22.3 Å². The van der Waals surface area contributed by atoms with Crippen molar-refractivity contribution in [3.63, 3.8) is 0 Å². The molecule has 1 aromatic rings. The Bertz CT molecular complexity index is 386. The minimum atomic E-state index is -0.812. The molecule has 0 radical (unpaired) electrons. The summed E-state index contributed by atoms with van der Waals surface area (Å²) in [6.07, 6.45) is 1.68. The predicted molar refractivity (Wildman–Crippen MR) is 69.3 cm³/mol. The van der Waals surface area contributed by atoms with E-state index in [0.29, 0.717) is 16.8 Å². The Kier molecular flexibility index (Phi) is 5.58. The van der Waals surface area contributed by atoms with Crippen LogP contribution in [0, 0.1) is 5.82 Å². The van der Waals surface area contributed by atoms with Crippen LogP contribution in [0.5, 0.6) is 0 Å². The van der Waals surface area contributed by atoms with Gasteiger partial charge in [-0.1, -0.05) is 12.1 Å². The van der Waals surface area contributed by atoms with Crippen LogP contribution in [0.15, 0.2) is 22.7 Å². The second kappa shape index (κ2) is 6.47. The van der Waals surface area contributed by atoms with Crippen molar-refractivity contribution >= 4 is 26.7 Å². The summed E-state index contributed by atoms with van der Waals surface area (Å²) in [6.45, 7) is 2.53. The molecule has 2 nitrogen and oxygen atoms in total. The van der Waals surface area contributed by atoms with Crippen LogP contribution >= 0.6 is 15.9 Å². The van der Waals surface area contributed by atoms with Crippen LogP contribution in [0.25, 0.3) is 0 Å². The van der Waals surface area contributed by atoms with Gasteiger partial charge in [-0.3, -0.25) is 4.21 Å². The van der Waals surface area contributed by atoms with E-state index in [0.717, 1.165) is 5.56 Å². The zero-order chi connectivity index (χ0) is 12.1. The van der Waals surface area contributed by atoms with Crippen LogP contribution in [0.4, 0.5) is 4.39 Å². The molecule has 0 heterocycles. The molecule has 0 saturated carbocycles. The van der Waals surface area contributed by atoms with E-state index in [1.165, 1.54) is 6.07 Å². The van der Waals surface area contributed by atoms with Crippen molar-refractivity contribution in [2.75, 3.05) is 12.0 Å². The number of hydrogen-bond donors (Lipinski definition) is 1. The molecule has 0 aliphatic rings. The molecular weight excluding hydrogens is 293 g/mol. The average Bonchev–Trinajstić information content (AvgIpc) is 2.19. The lowest BCUT2D eigenvalue weighted by atomic mass is 10.2. The lowest BCUT2D eigenvalue weighted by molar-refractivity contribution is 0.577. The van der Waals surface area contributed by atoms with E-state index in [1.807, 2.05) is 13.0 Å². The van der Waals surface area contributed by atoms with E-state index in [1.54, 1.807) is 12.3 Å². The van der Waals surface area contributed by atoms with Gasteiger partial charge in [-0.15, -0.1) is 0 Å². The predicted octanol–water partition coefficient (Wildman–Crippen LogP) is 2.44.